The maximum Gasteiger partial charge on any atom is 0.305 e. The van der Waals surface area contributed by atoms with Gasteiger partial charge in [-0.1, -0.05) is 6.92 Å². The number of carbonyl (C=O) groups excluding carboxylic acids is 1. The zero-order chi connectivity index (χ0) is 7.98. The summed E-state index contributed by atoms with van der Waals surface area (Å²) in [7, 11) is 1.40. The van der Waals surface area contributed by atoms with Gasteiger partial charge in [0, 0.05) is 6.42 Å². The number of esters is 1. The van der Waals surface area contributed by atoms with Gasteiger partial charge in [-0.25, -0.2) is 0 Å². The van der Waals surface area contributed by atoms with Gasteiger partial charge in [-0.15, -0.1) is 0 Å². The lowest BCUT2D eigenvalue weighted by Gasteiger charge is -2.05. The molecule has 60 valence electrons. The van der Waals surface area contributed by atoms with Gasteiger partial charge < -0.3 is 10.5 Å². The third-order valence-corrected chi connectivity index (χ3v) is 1.47. The van der Waals surface area contributed by atoms with Crippen molar-refractivity contribution in [3.8, 4) is 0 Å². The Morgan fingerprint density at radius 2 is 2.30 bits per heavy atom. The van der Waals surface area contributed by atoms with E-state index >= 15 is 0 Å². The van der Waals surface area contributed by atoms with Crippen molar-refractivity contribution in [2.24, 2.45) is 11.7 Å². The summed E-state index contributed by atoms with van der Waals surface area (Å²) in [5.74, 6) is 0.263. The van der Waals surface area contributed by atoms with Gasteiger partial charge in [-0.2, -0.15) is 0 Å². The summed E-state index contributed by atoms with van der Waals surface area (Å²) in [4.78, 5) is 10.6. The molecular weight excluding hydrogens is 130 g/mol. The van der Waals surface area contributed by atoms with Gasteiger partial charge in [0.25, 0.3) is 0 Å². The van der Waals surface area contributed by atoms with Crippen molar-refractivity contribution in [3.63, 3.8) is 0 Å². The van der Waals surface area contributed by atoms with E-state index in [0.29, 0.717) is 18.9 Å². The minimum absolute atomic E-state index is 0.153. The van der Waals surface area contributed by atoms with E-state index in [1.165, 1.54) is 7.11 Å². The molecule has 0 aliphatic rings. The smallest absolute Gasteiger partial charge is 0.305 e. The lowest BCUT2D eigenvalue weighted by atomic mass is 10.1. The topological polar surface area (TPSA) is 52.3 Å². The summed E-state index contributed by atoms with van der Waals surface area (Å²) >= 11 is 0. The van der Waals surface area contributed by atoms with E-state index in [9.17, 15) is 4.79 Å². The molecule has 0 amide bonds. The molecule has 10 heavy (non-hydrogen) atoms. The number of hydrogen-bond donors (Lipinski definition) is 1. The largest absolute Gasteiger partial charge is 0.469 e. The minimum Gasteiger partial charge on any atom is -0.469 e. The van der Waals surface area contributed by atoms with Crippen LogP contribution in [0.2, 0.25) is 0 Å². The number of hydrogen-bond acceptors (Lipinski definition) is 3. The van der Waals surface area contributed by atoms with E-state index in [2.05, 4.69) is 4.74 Å². The molecule has 0 rings (SSSR count). The fourth-order valence-electron chi connectivity index (χ4n) is 0.584. The maximum absolute atomic E-state index is 10.6. The molecule has 0 aliphatic heterocycles. The van der Waals surface area contributed by atoms with Crippen molar-refractivity contribution in [2.75, 3.05) is 13.7 Å². The van der Waals surface area contributed by atoms with Gasteiger partial charge in [0.05, 0.1) is 7.11 Å². The van der Waals surface area contributed by atoms with E-state index in [1.54, 1.807) is 0 Å². The molecule has 3 nitrogen and oxygen atoms in total. The van der Waals surface area contributed by atoms with E-state index in [-0.39, 0.29) is 5.97 Å². The number of nitrogens with two attached hydrogens (primary N) is 1. The second-order valence-electron chi connectivity index (χ2n) is 2.46. The van der Waals surface area contributed by atoms with Gasteiger partial charge in [-0.05, 0) is 18.9 Å². The van der Waals surface area contributed by atoms with Crippen molar-refractivity contribution < 1.29 is 9.53 Å². The Labute approximate surface area is 61.5 Å². The van der Waals surface area contributed by atoms with Crippen LogP contribution in [0, 0.1) is 5.92 Å². The number of ether oxygens (including phenoxy) is 1. The predicted octanol–water partition coefficient (Wildman–Crippen LogP) is 0.534. The highest BCUT2D eigenvalue weighted by Crippen LogP contribution is 2.03. The van der Waals surface area contributed by atoms with E-state index in [4.69, 9.17) is 5.73 Å². The average molecular weight is 145 g/mol. The Morgan fingerprint density at radius 3 is 2.70 bits per heavy atom. The first kappa shape index (κ1) is 9.43. The molecule has 0 bridgehead atoms. The number of methoxy groups -OCH3 is 1. The first-order valence-electron chi connectivity index (χ1n) is 3.47. The first-order chi connectivity index (χ1) is 4.70. The lowest BCUT2D eigenvalue weighted by Crippen LogP contribution is -2.12. The lowest BCUT2D eigenvalue weighted by molar-refractivity contribution is -0.140. The van der Waals surface area contributed by atoms with Crippen LogP contribution in [-0.4, -0.2) is 19.6 Å². The van der Waals surface area contributed by atoms with Gasteiger partial charge in [0.15, 0.2) is 0 Å². The van der Waals surface area contributed by atoms with Crippen molar-refractivity contribution in [2.45, 2.75) is 19.8 Å². The zero-order valence-electron chi connectivity index (χ0n) is 6.59. The molecule has 0 aliphatic carbocycles. The Bertz CT molecular complexity index is 104. The molecule has 0 saturated heterocycles. The predicted molar refractivity (Wildman–Crippen MR) is 39.5 cm³/mol. The van der Waals surface area contributed by atoms with Gasteiger partial charge >= 0.3 is 5.97 Å². The molecule has 0 unspecified atom stereocenters. The van der Waals surface area contributed by atoms with Crippen molar-refractivity contribution in [1.29, 1.82) is 0 Å². The van der Waals surface area contributed by atoms with Crippen LogP contribution >= 0.6 is 0 Å². The Balaban J connectivity index is 3.26. The molecule has 0 heterocycles. The summed E-state index contributed by atoms with van der Waals surface area (Å²) in [5, 5.41) is 0. The second kappa shape index (κ2) is 5.23. The molecule has 0 fully saturated rings. The number of carbonyl (C=O) groups is 1. The van der Waals surface area contributed by atoms with Gasteiger partial charge in [0.1, 0.15) is 0 Å². The third kappa shape index (κ3) is 4.32. The zero-order valence-corrected chi connectivity index (χ0v) is 6.59. The van der Waals surface area contributed by atoms with Crippen molar-refractivity contribution >= 4 is 5.97 Å². The summed E-state index contributed by atoms with van der Waals surface area (Å²) in [6, 6.07) is 0. The highest BCUT2D eigenvalue weighted by molar-refractivity contribution is 5.69. The Hall–Kier alpha value is -0.570. The van der Waals surface area contributed by atoms with Crippen LogP contribution in [0.5, 0.6) is 0 Å². The quantitative estimate of drug-likeness (QED) is 0.587. The summed E-state index contributed by atoms with van der Waals surface area (Å²) in [5.41, 5.74) is 5.35. The fraction of sp³-hybridized carbons (Fsp3) is 0.857. The molecular formula is C7H15NO2. The third-order valence-electron chi connectivity index (χ3n) is 1.47. The summed E-state index contributed by atoms with van der Waals surface area (Å²) in [6.45, 7) is 2.65. The van der Waals surface area contributed by atoms with Crippen LogP contribution in [0.15, 0.2) is 0 Å². The van der Waals surface area contributed by atoms with Crippen LogP contribution < -0.4 is 5.73 Å². The normalized spacial score (nSPS) is 12.7. The molecule has 0 aromatic rings. The first-order valence-corrected chi connectivity index (χ1v) is 3.47. The van der Waals surface area contributed by atoms with E-state index in [0.717, 1.165) is 6.42 Å². The molecule has 0 spiro atoms. The number of rotatable bonds is 4. The Morgan fingerprint density at radius 1 is 1.70 bits per heavy atom. The van der Waals surface area contributed by atoms with Crippen molar-refractivity contribution in [3.05, 3.63) is 0 Å². The molecule has 3 heteroatoms. The van der Waals surface area contributed by atoms with Crippen LogP contribution in [0.1, 0.15) is 19.8 Å². The molecule has 0 saturated carbocycles. The highest BCUT2D eigenvalue weighted by atomic mass is 16.5. The van der Waals surface area contributed by atoms with E-state index < -0.39 is 0 Å². The summed E-state index contributed by atoms with van der Waals surface area (Å²) in [6.07, 6.45) is 1.30. The van der Waals surface area contributed by atoms with Gasteiger partial charge in [-0.3, -0.25) is 4.79 Å². The standard InChI is InChI=1S/C7H15NO2/c1-6(5-8)3-4-7(9)10-2/h6H,3-5,8H2,1-2H3/t6-/m0/s1. The SMILES string of the molecule is COC(=O)CC[C@H](C)CN. The van der Waals surface area contributed by atoms with Gasteiger partial charge in [0.2, 0.25) is 0 Å². The molecule has 2 N–H and O–H groups in total. The monoisotopic (exact) mass is 145 g/mol. The highest BCUT2D eigenvalue weighted by Gasteiger charge is 2.03. The molecule has 1 atom stereocenters. The van der Waals surface area contributed by atoms with Crippen molar-refractivity contribution in [1.82, 2.24) is 0 Å². The fourth-order valence-corrected chi connectivity index (χ4v) is 0.584. The Kier molecular flexibility index (Phi) is 4.94. The second-order valence-corrected chi connectivity index (χ2v) is 2.46. The maximum atomic E-state index is 10.6. The molecule has 0 aromatic heterocycles. The average Bonchev–Trinajstić information content (AvgIpc) is 1.99. The van der Waals surface area contributed by atoms with Crippen LogP contribution in [0.4, 0.5) is 0 Å². The summed E-state index contributed by atoms with van der Waals surface area (Å²) < 4.78 is 4.47. The minimum atomic E-state index is -0.153. The van der Waals surface area contributed by atoms with E-state index in [1.807, 2.05) is 6.92 Å². The van der Waals surface area contributed by atoms with Crippen LogP contribution in [0.3, 0.4) is 0 Å². The molecule has 0 radical (unpaired) electrons. The molecule has 0 aromatic carbocycles. The van der Waals surface area contributed by atoms with Crippen LogP contribution in [0.25, 0.3) is 0 Å². The van der Waals surface area contributed by atoms with Crippen LogP contribution in [-0.2, 0) is 9.53 Å².